The Morgan fingerprint density at radius 1 is 1.06 bits per heavy atom. The number of amides is 3. The molecule has 0 bridgehead atoms. The van der Waals surface area contributed by atoms with Gasteiger partial charge in [0.15, 0.2) is 0 Å². The fourth-order valence-corrected chi connectivity index (χ4v) is 4.97. The van der Waals surface area contributed by atoms with Crippen LogP contribution in [0.3, 0.4) is 0 Å². The summed E-state index contributed by atoms with van der Waals surface area (Å²) in [6.45, 7) is 2.49. The third kappa shape index (κ3) is 4.21. The fraction of sp³-hybridized carbons (Fsp3) is 0.333. The molecule has 7 nitrogen and oxygen atoms in total. The number of fused-ring (bicyclic) bond motifs is 1. The van der Waals surface area contributed by atoms with Gasteiger partial charge in [-0.25, -0.2) is 9.18 Å². The predicted molar refractivity (Wildman–Crippen MR) is 123 cm³/mol. The number of halogens is 2. The zero-order valence-electron chi connectivity index (χ0n) is 17.9. The van der Waals surface area contributed by atoms with Crippen molar-refractivity contribution in [2.45, 2.75) is 25.0 Å². The van der Waals surface area contributed by atoms with E-state index in [2.05, 4.69) is 21.0 Å². The van der Waals surface area contributed by atoms with Gasteiger partial charge in [-0.05, 0) is 79.9 Å². The number of hydrogen-bond acceptors (Lipinski definition) is 4. The maximum absolute atomic E-state index is 13.4. The van der Waals surface area contributed by atoms with Gasteiger partial charge in [-0.15, -0.1) is 0 Å². The molecule has 9 heteroatoms. The van der Waals surface area contributed by atoms with E-state index in [1.54, 1.807) is 12.1 Å². The van der Waals surface area contributed by atoms with Gasteiger partial charge in [0.05, 0.1) is 5.52 Å². The minimum atomic E-state index is -1.44. The molecule has 0 aliphatic carbocycles. The van der Waals surface area contributed by atoms with E-state index < -0.39 is 18.2 Å². The Morgan fingerprint density at radius 3 is 2.45 bits per heavy atom. The molecule has 1 unspecified atom stereocenters. The number of benzene rings is 2. The van der Waals surface area contributed by atoms with Crippen LogP contribution < -0.4 is 5.32 Å². The van der Waals surface area contributed by atoms with Crippen LogP contribution in [0.2, 0.25) is 5.02 Å². The lowest BCUT2D eigenvalue weighted by atomic mass is 9.89. The molecule has 1 aromatic heterocycles. The van der Waals surface area contributed by atoms with Crippen molar-refractivity contribution in [3.63, 3.8) is 0 Å². The maximum atomic E-state index is 13.4. The summed E-state index contributed by atoms with van der Waals surface area (Å²) in [7, 11) is 0. The average Bonchev–Trinajstić information content (AvgIpc) is 3.29. The van der Waals surface area contributed by atoms with Crippen molar-refractivity contribution in [1.82, 2.24) is 19.7 Å². The number of carbonyl (C=O) groups is 2. The third-order valence-electron chi connectivity index (χ3n) is 6.57. The second-order valence-corrected chi connectivity index (χ2v) is 8.99. The number of aliphatic hydroxyl groups excluding tert-OH is 1. The third-order valence-corrected chi connectivity index (χ3v) is 6.81. The summed E-state index contributed by atoms with van der Waals surface area (Å²) >= 11 is 6.32. The molecular formula is C24H24ClFN4O3. The van der Waals surface area contributed by atoms with Crippen molar-refractivity contribution in [1.29, 1.82) is 0 Å². The summed E-state index contributed by atoms with van der Waals surface area (Å²) in [5, 5.41) is 13.5. The van der Waals surface area contributed by atoms with Crippen LogP contribution in [-0.4, -0.2) is 63.8 Å². The van der Waals surface area contributed by atoms with Crippen LogP contribution in [-0.2, 0) is 4.79 Å². The zero-order chi connectivity index (χ0) is 23.1. The largest absolute Gasteiger partial charge is 0.365 e. The number of aromatic nitrogens is 1. The molecule has 172 valence electrons. The average molecular weight is 471 g/mol. The minimum absolute atomic E-state index is 0.256. The highest BCUT2D eigenvalue weighted by molar-refractivity contribution is 6.31. The lowest BCUT2D eigenvalue weighted by molar-refractivity contribution is -0.134. The van der Waals surface area contributed by atoms with Gasteiger partial charge in [0.1, 0.15) is 5.82 Å². The van der Waals surface area contributed by atoms with Crippen molar-refractivity contribution >= 4 is 34.4 Å². The van der Waals surface area contributed by atoms with E-state index in [9.17, 15) is 19.1 Å². The molecule has 0 saturated carbocycles. The molecule has 2 aromatic carbocycles. The van der Waals surface area contributed by atoms with E-state index in [4.69, 9.17) is 11.6 Å². The summed E-state index contributed by atoms with van der Waals surface area (Å²) in [6.07, 6.45) is 2.55. The van der Waals surface area contributed by atoms with E-state index in [1.165, 1.54) is 17.7 Å². The molecular weight excluding hydrogens is 447 g/mol. The normalized spacial score (nSPS) is 20.1. The van der Waals surface area contributed by atoms with Gasteiger partial charge in [-0.2, -0.15) is 0 Å². The Morgan fingerprint density at radius 2 is 1.79 bits per heavy atom. The Bertz CT molecular complexity index is 1200. The van der Waals surface area contributed by atoms with Crippen LogP contribution in [0.15, 0.2) is 48.7 Å². The van der Waals surface area contributed by atoms with Gasteiger partial charge in [0.25, 0.3) is 5.91 Å². The van der Waals surface area contributed by atoms with Crippen LogP contribution in [0, 0.1) is 5.82 Å². The molecule has 0 radical (unpaired) electrons. The van der Waals surface area contributed by atoms with Crippen molar-refractivity contribution in [2.75, 3.05) is 26.2 Å². The quantitative estimate of drug-likeness (QED) is 0.560. The number of carbonyl (C=O) groups excluding carboxylic acids is 2. The number of hydrogen-bond donors (Lipinski definition) is 2. The molecule has 33 heavy (non-hydrogen) atoms. The lowest BCUT2D eigenvalue weighted by Gasteiger charge is -2.32. The van der Waals surface area contributed by atoms with E-state index in [0.717, 1.165) is 47.4 Å². The molecule has 0 spiro atoms. The topological polar surface area (TPSA) is 77.8 Å². The van der Waals surface area contributed by atoms with E-state index >= 15 is 0 Å². The number of nitrogens with zero attached hydrogens (tertiary/aromatic N) is 3. The molecule has 2 aliphatic heterocycles. The highest BCUT2D eigenvalue weighted by Gasteiger charge is 2.36. The van der Waals surface area contributed by atoms with Crippen molar-refractivity contribution < 1.29 is 19.1 Å². The van der Waals surface area contributed by atoms with Gasteiger partial charge in [0.2, 0.25) is 6.23 Å². The van der Waals surface area contributed by atoms with Gasteiger partial charge >= 0.3 is 6.03 Å². The smallest absolute Gasteiger partial charge is 0.326 e. The van der Waals surface area contributed by atoms with Crippen LogP contribution in [0.5, 0.6) is 0 Å². The minimum Gasteiger partial charge on any atom is -0.365 e. The van der Waals surface area contributed by atoms with Crippen LogP contribution >= 0.6 is 11.6 Å². The van der Waals surface area contributed by atoms with Gasteiger partial charge in [0, 0.05) is 35.4 Å². The molecule has 3 heterocycles. The number of imide groups is 1. The molecule has 2 N–H and O–H groups in total. The molecule has 2 aliphatic rings. The molecule has 3 aromatic rings. The molecule has 3 amide bonds. The van der Waals surface area contributed by atoms with E-state index in [-0.39, 0.29) is 12.4 Å². The summed E-state index contributed by atoms with van der Waals surface area (Å²) in [6, 6.07) is 11.7. The number of urea groups is 1. The zero-order valence-corrected chi connectivity index (χ0v) is 18.6. The second kappa shape index (κ2) is 8.78. The number of nitrogens with one attached hydrogen (secondary N) is 1. The molecule has 1 atom stereocenters. The van der Waals surface area contributed by atoms with Crippen molar-refractivity contribution in [2.24, 2.45) is 0 Å². The Hall–Kier alpha value is -2.94. The highest BCUT2D eigenvalue weighted by atomic mass is 35.5. The SMILES string of the molecule is O=C1NC(O)C(=O)N1CCN1CCC(c2cn(-c3ccc(F)cc3)c3ccc(Cl)cc23)CC1. The van der Waals surface area contributed by atoms with Crippen molar-refractivity contribution in [3.05, 3.63) is 65.1 Å². The summed E-state index contributed by atoms with van der Waals surface area (Å²) in [5.41, 5.74) is 3.14. The molecule has 2 fully saturated rings. The second-order valence-electron chi connectivity index (χ2n) is 8.55. The lowest BCUT2D eigenvalue weighted by Crippen LogP contribution is -2.41. The molecule has 5 rings (SSSR count). The van der Waals surface area contributed by atoms with Crippen LogP contribution in [0.4, 0.5) is 9.18 Å². The Kier molecular flexibility index (Phi) is 5.82. The van der Waals surface area contributed by atoms with Gasteiger partial charge in [-0.1, -0.05) is 11.6 Å². The summed E-state index contributed by atoms with van der Waals surface area (Å²) < 4.78 is 15.5. The van der Waals surface area contributed by atoms with Crippen LogP contribution in [0.25, 0.3) is 16.6 Å². The van der Waals surface area contributed by atoms with Gasteiger partial charge < -0.3 is 19.9 Å². The highest BCUT2D eigenvalue weighted by Crippen LogP contribution is 2.37. The summed E-state index contributed by atoms with van der Waals surface area (Å²) in [5.74, 6) is -0.531. The van der Waals surface area contributed by atoms with E-state index in [1.807, 2.05) is 18.2 Å². The first kappa shape index (κ1) is 21.9. The van der Waals surface area contributed by atoms with Gasteiger partial charge in [-0.3, -0.25) is 9.69 Å². The van der Waals surface area contributed by atoms with Crippen LogP contribution in [0.1, 0.15) is 24.3 Å². The Labute approximate surface area is 195 Å². The Balaban J connectivity index is 1.31. The number of likely N-dealkylation sites (tertiary alicyclic amines) is 1. The first-order valence-electron chi connectivity index (χ1n) is 11.0. The first-order chi connectivity index (χ1) is 15.9. The number of rotatable bonds is 5. The summed E-state index contributed by atoms with van der Waals surface area (Å²) in [4.78, 5) is 26.9. The number of piperidine rings is 1. The first-order valence-corrected chi connectivity index (χ1v) is 11.4. The number of aliphatic hydroxyl groups is 1. The van der Waals surface area contributed by atoms with Crippen molar-refractivity contribution in [3.8, 4) is 5.69 Å². The fourth-order valence-electron chi connectivity index (χ4n) is 4.79. The predicted octanol–water partition coefficient (Wildman–Crippen LogP) is 3.47. The monoisotopic (exact) mass is 470 g/mol. The standard InChI is InChI=1S/C24H24ClFN4O3/c25-16-1-6-21-19(13-16)20(14-30(21)18-4-2-17(26)3-5-18)15-7-9-28(10-8-15)11-12-29-23(32)22(31)27-24(29)33/h1-6,13-15,22,31H,7-12H2,(H,27,33). The molecule has 2 saturated heterocycles. The van der Waals surface area contributed by atoms with E-state index in [0.29, 0.717) is 17.5 Å². The maximum Gasteiger partial charge on any atom is 0.326 e.